The quantitative estimate of drug-likeness (QED) is 0.592. The summed E-state index contributed by atoms with van der Waals surface area (Å²) in [7, 11) is 0. The predicted molar refractivity (Wildman–Crippen MR) is 106 cm³/mol. The normalized spacial score (nSPS) is 10.3. The first-order valence-electron chi connectivity index (χ1n) is 7.79. The number of aromatic nitrogens is 2. The largest absolute Gasteiger partial charge is 0.477 e. The highest BCUT2D eigenvalue weighted by atomic mass is 127. The number of carbonyl (C=O) groups excluding carboxylic acids is 1. The van der Waals surface area contributed by atoms with Crippen molar-refractivity contribution in [3.63, 3.8) is 0 Å². The molecule has 25 heavy (non-hydrogen) atoms. The molecule has 3 aromatic rings. The molecule has 2 aromatic carbocycles. The van der Waals surface area contributed by atoms with Crippen molar-refractivity contribution >= 4 is 34.2 Å². The summed E-state index contributed by atoms with van der Waals surface area (Å²) in [5, 5.41) is 11.1. The first-order valence-corrected chi connectivity index (χ1v) is 8.87. The highest BCUT2D eigenvalue weighted by Crippen LogP contribution is 2.20. The van der Waals surface area contributed by atoms with E-state index in [0.717, 1.165) is 20.5 Å². The van der Waals surface area contributed by atoms with E-state index in [1.54, 1.807) is 18.2 Å². The minimum Gasteiger partial charge on any atom is -0.477 e. The molecule has 3 rings (SSSR count). The van der Waals surface area contributed by atoms with Gasteiger partial charge < -0.3 is 10.1 Å². The number of nitrogens with one attached hydrogen (secondary N) is 1. The lowest BCUT2D eigenvalue weighted by Gasteiger charge is -2.07. The number of rotatable bonds is 5. The van der Waals surface area contributed by atoms with Gasteiger partial charge in [-0.3, -0.25) is 4.79 Å². The van der Waals surface area contributed by atoms with Gasteiger partial charge >= 0.3 is 0 Å². The molecule has 5 nitrogen and oxygen atoms in total. The van der Waals surface area contributed by atoms with Crippen LogP contribution in [-0.4, -0.2) is 22.7 Å². The van der Waals surface area contributed by atoms with Crippen molar-refractivity contribution < 1.29 is 9.53 Å². The zero-order valence-corrected chi connectivity index (χ0v) is 15.7. The average Bonchev–Trinajstić information content (AvgIpc) is 2.64. The van der Waals surface area contributed by atoms with Gasteiger partial charge in [0.1, 0.15) is 0 Å². The Bertz CT molecular complexity index is 847. The van der Waals surface area contributed by atoms with E-state index in [0.29, 0.717) is 18.1 Å². The van der Waals surface area contributed by atoms with Crippen LogP contribution in [0.1, 0.15) is 17.3 Å². The van der Waals surface area contributed by atoms with Crippen molar-refractivity contribution in [1.29, 1.82) is 0 Å². The molecule has 0 aliphatic carbocycles. The Labute approximate surface area is 159 Å². The summed E-state index contributed by atoms with van der Waals surface area (Å²) >= 11 is 2.21. The van der Waals surface area contributed by atoms with Crippen LogP contribution in [0.15, 0.2) is 60.7 Å². The molecule has 1 aromatic heterocycles. The molecule has 0 unspecified atom stereocenters. The van der Waals surface area contributed by atoms with E-state index in [4.69, 9.17) is 4.74 Å². The predicted octanol–water partition coefficient (Wildman–Crippen LogP) is 4.40. The number of ether oxygens (including phenoxy) is 1. The molecule has 0 bridgehead atoms. The maximum absolute atomic E-state index is 12.2. The number of hydrogen-bond acceptors (Lipinski definition) is 4. The van der Waals surface area contributed by atoms with Crippen molar-refractivity contribution in [3.05, 3.63) is 69.8 Å². The Morgan fingerprint density at radius 3 is 2.32 bits per heavy atom. The standard InChI is InChI=1S/C19H16IN3O2/c1-2-25-18-12-11-17(22-23-18)13-5-9-16(10-6-13)21-19(24)14-3-7-15(20)8-4-14/h3-12H,2H2,1H3,(H,21,24). The van der Waals surface area contributed by atoms with Crippen molar-refractivity contribution in [2.75, 3.05) is 11.9 Å². The van der Waals surface area contributed by atoms with Gasteiger partial charge in [0.05, 0.1) is 12.3 Å². The molecule has 1 amide bonds. The van der Waals surface area contributed by atoms with Gasteiger partial charge in [-0.25, -0.2) is 0 Å². The molecular formula is C19H16IN3O2. The van der Waals surface area contributed by atoms with Crippen LogP contribution in [0.2, 0.25) is 0 Å². The number of benzene rings is 2. The summed E-state index contributed by atoms with van der Waals surface area (Å²) in [6.45, 7) is 2.46. The molecule has 126 valence electrons. The van der Waals surface area contributed by atoms with Crippen molar-refractivity contribution in [2.45, 2.75) is 6.92 Å². The molecule has 0 radical (unpaired) electrons. The van der Waals surface area contributed by atoms with Crippen LogP contribution in [-0.2, 0) is 0 Å². The van der Waals surface area contributed by atoms with Gasteiger partial charge in [-0.2, -0.15) is 0 Å². The first kappa shape index (κ1) is 17.3. The highest BCUT2D eigenvalue weighted by Gasteiger charge is 2.07. The van der Waals surface area contributed by atoms with Crippen LogP contribution in [0, 0.1) is 3.57 Å². The molecule has 0 saturated heterocycles. The van der Waals surface area contributed by atoms with Crippen LogP contribution < -0.4 is 10.1 Å². The van der Waals surface area contributed by atoms with Gasteiger partial charge in [-0.15, -0.1) is 10.2 Å². The maximum Gasteiger partial charge on any atom is 0.255 e. The van der Waals surface area contributed by atoms with Crippen molar-refractivity contribution in [2.24, 2.45) is 0 Å². The van der Waals surface area contributed by atoms with Gasteiger partial charge in [-0.1, -0.05) is 12.1 Å². The average molecular weight is 445 g/mol. The summed E-state index contributed by atoms with van der Waals surface area (Å²) in [5.74, 6) is 0.373. The topological polar surface area (TPSA) is 64.1 Å². The van der Waals surface area contributed by atoms with E-state index in [2.05, 4.69) is 38.1 Å². The molecule has 0 spiro atoms. The smallest absolute Gasteiger partial charge is 0.255 e. The van der Waals surface area contributed by atoms with E-state index in [-0.39, 0.29) is 5.91 Å². The zero-order chi connectivity index (χ0) is 17.6. The second-order valence-electron chi connectivity index (χ2n) is 5.23. The molecule has 0 aliphatic heterocycles. The molecule has 6 heteroatoms. The number of amides is 1. The maximum atomic E-state index is 12.2. The van der Waals surface area contributed by atoms with E-state index in [9.17, 15) is 4.79 Å². The molecule has 0 fully saturated rings. The minimum atomic E-state index is -0.134. The fraction of sp³-hybridized carbons (Fsp3) is 0.105. The van der Waals surface area contributed by atoms with Crippen LogP contribution in [0.25, 0.3) is 11.3 Å². The summed E-state index contributed by atoms with van der Waals surface area (Å²) in [6, 6.07) is 18.6. The van der Waals surface area contributed by atoms with Gasteiger partial charge in [0.2, 0.25) is 5.88 Å². The molecular weight excluding hydrogens is 429 g/mol. The van der Waals surface area contributed by atoms with E-state index in [1.807, 2.05) is 49.4 Å². The first-order chi connectivity index (χ1) is 12.2. The molecule has 1 heterocycles. The fourth-order valence-corrected chi connectivity index (χ4v) is 2.59. The van der Waals surface area contributed by atoms with Crippen LogP contribution >= 0.6 is 22.6 Å². The van der Waals surface area contributed by atoms with Gasteiger partial charge in [0.25, 0.3) is 5.91 Å². The van der Waals surface area contributed by atoms with Crippen LogP contribution in [0.3, 0.4) is 0 Å². The highest BCUT2D eigenvalue weighted by molar-refractivity contribution is 14.1. The Morgan fingerprint density at radius 1 is 1.00 bits per heavy atom. The lowest BCUT2D eigenvalue weighted by molar-refractivity contribution is 0.102. The third kappa shape index (κ3) is 4.54. The summed E-state index contributed by atoms with van der Waals surface area (Å²) in [5.41, 5.74) is 3.02. The number of anilines is 1. The Balaban J connectivity index is 1.69. The van der Waals surface area contributed by atoms with Crippen molar-refractivity contribution in [1.82, 2.24) is 10.2 Å². The number of carbonyl (C=O) groups is 1. The fourth-order valence-electron chi connectivity index (χ4n) is 2.23. The second kappa shape index (κ2) is 8.06. The van der Waals surface area contributed by atoms with Gasteiger partial charge in [0.15, 0.2) is 0 Å². The molecule has 0 atom stereocenters. The third-order valence-corrected chi connectivity index (χ3v) is 4.20. The Morgan fingerprint density at radius 2 is 1.72 bits per heavy atom. The monoisotopic (exact) mass is 445 g/mol. The SMILES string of the molecule is CCOc1ccc(-c2ccc(NC(=O)c3ccc(I)cc3)cc2)nn1. The molecule has 0 saturated carbocycles. The van der Waals surface area contributed by atoms with Gasteiger partial charge in [0, 0.05) is 26.5 Å². The minimum absolute atomic E-state index is 0.134. The zero-order valence-electron chi connectivity index (χ0n) is 13.6. The Kier molecular flexibility index (Phi) is 5.60. The molecule has 0 aliphatic rings. The number of hydrogen-bond donors (Lipinski definition) is 1. The lowest BCUT2D eigenvalue weighted by atomic mass is 10.1. The molecule has 1 N–H and O–H groups in total. The van der Waals surface area contributed by atoms with Crippen LogP contribution in [0.4, 0.5) is 5.69 Å². The van der Waals surface area contributed by atoms with Crippen LogP contribution in [0.5, 0.6) is 5.88 Å². The van der Waals surface area contributed by atoms with E-state index in [1.165, 1.54) is 0 Å². The van der Waals surface area contributed by atoms with Gasteiger partial charge in [-0.05, 0) is 72.0 Å². The number of nitrogens with zero attached hydrogens (tertiary/aromatic N) is 2. The second-order valence-corrected chi connectivity index (χ2v) is 6.47. The van der Waals surface area contributed by atoms with E-state index >= 15 is 0 Å². The van der Waals surface area contributed by atoms with Crippen molar-refractivity contribution in [3.8, 4) is 17.1 Å². The number of halogens is 1. The summed E-state index contributed by atoms with van der Waals surface area (Å²) in [4.78, 5) is 12.2. The third-order valence-electron chi connectivity index (χ3n) is 3.48. The summed E-state index contributed by atoms with van der Waals surface area (Å²) in [6.07, 6.45) is 0. The Hall–Kier alpha value is -2.48. The summed E-state index contributed by atoms with van der Waals surface area (Å²) < 4.78 is 6.38. The van der Waals surface area contributed by atoms with E-state index < -0.39 is 0 Å². The lowest BCUT2D eigenvalue weighted by Crippen LogP contribution is -2.11.